The van der Waals surface area contributed by atoms with Crippen molar-refractivity contribution in [3.05, 3.63) is 64.7 Å². The van der Waals surface area contributed by atoms with Crippen LogP contribution in [0.4, 0.5) is 0 Å². The number of nitrogens with one attached hydrogen (secondary N) is 1. The van der Waals surface area contributed by atoms with Crippen LogP contribution in [0.3, 0.4) is 0 Å². The molecule has 1 aliphatic heterocycles. The summed E-state index contributed by atoms with van der Waals surface area (Å²) in [6, 6.07) is 13.4. The molecule has 0 unspecified atom stereocenters. The van der Waals surface area contributed by atoms with Gasteiger partial charge in [-0.3, -0.25) is 4.79 Å². The van der Waals surface area contributed by atoms with Gasteiger partial charge < -0.3 is 4.90 Å². The van der Waals surface area contributed by atoms with Crippen LogP contribution >= 0.6 is 0 Å². The Balaban J connectivity index is 1.41. The molecule has 27 heavy (non-hydrogen) atoms. The van der Waals surface area contributed by atoms with Crippen molar-refractivity contribution in [2.45, 2.75) is 43.5 Å². The topological polar surface area (TPSA) is 66.5 Å². The first-order valence-electron chi connectivity index (χ1n) is 9.49. The average Bonchev–Trinajstić information content (AvgIpc) is 2.71. The summed E-state index contributed by atoms with van der Waals surface area (Å²) in [6.07, 6.45) is 4.99. The molecule has 0 saturated carbocycles. The van der Waals surface area contributed by atoms with Gasteiger partial charge in [0.2, 0.25) is 15.9 Å². The fourth-order valence-electron chi connectivity index (χ4n) is 3.94. The fraction of sp³-hybridized carbons (Fsp3) is 0.381. The minimum atomic E-state index is -3.69. The van der Waals surface area contributed by atoms with Gasteiger partial charge in [-0.05, 0) is 66.5 Å². The molecule has 142 valence electrons. The molecule has 1 aliphatic carbocycles. The van der Waals surface area contributed by atoms with E-state index in [4.69, 9.17) is 0 Å². The second-order valence-corrected chi connectivity index (χ2v) is 9.06. The van der Waals surface area contributed by atoms with Crippen LogP contribution in [0.5, 0.6) is 0 Å². The second kappa shape index (κ2) is 7.44. The van der Waals surface area contributed by atoms with Crippen LogP contribution < -0.4 is 4.72 Å². The van der Waals surface area contributed by atoms with Crippen molar-refractivity contribution in [3.8, 4) is 0 Å². The molecule has 1 N–H and O–H groups in total. The molecule has 0 bridgehead atoms. The van der Waals surface area contributed by atoms with Gasteiger partial charge in [0, 0.05) is 13.1 Å². The van der Waals surface area contributed by atoms with E-state index in [1.807, 2.05) is 24.3 Å². The van der Waals surface area contributed by atoms with Crippen molar-refractivity contribution in [1.29, 1.82) is 0 Å². The third-order valence-electron chi connectivity index (χ3n) is 5.53. The molecule has 6 heteroatoms. The Bertz CT molecular complexity index is 969. The molecule has 2 aromatic carbocycles. The van der Waals surface area contributed by atoms with Crippen molar-refractivity contribution in [1.82, 2.24) is 9.62 Å². The number of aryl methyl sites for hydroxylation is 2. The standard InChI is InChI=1S/C21H24N2O3S/c24-21(23-12-11-17-6-2-4-8-19(17)15-23)14-22-27(25,26)20-10-9-16-5-1-3-7-18(16)13-20/h2,4,6,8-10,13,22H,1,3,5,7,11-12,14-15H2. The van der Waals surface area contributed by atoms with E-state index >= 15 is 0 Å². The first kappa shape index (κ1) is 18.2. The molecule has 4 rings (SSSR count). The SMILES string of the molecule is O=C(CNS(=O)(=O)c1ccc2c(c1)CCCC2)N1CCc2ccccc2C1. The van der Waals surface area contributed by atoms with Gasteiger partial charge >= 0.3 is 0 Å². The molecular formula is C21H24N2O3S. The zero-order valence-electron chi connectivity index (χ0n) is 15.3. The number of rotatable bonds is 4. The summed E-state index contributed by atoms with van der Waals surface area (Å²) in [4.78, 5) is 14.5. The number of sulfonamides is 1. The van der Waals surface area contributed by atoms with Gasteiger partial charge in [-0.2, -0.15) is 0 Å². The number of hydrogen-bond acceptors (Lipinski definition) is 3. The quantitative estimate of drug-likeness (QED) is 0.880. The minimum absolute atomic E-state index is 0.189. The highest BCUT2D eigenvalue weighted by molar-refractivity contribution is 7.89. The van der Waals surface area contributed by atoms with E-state index in [2.05, 4.69) is 10.8 Å². The Morgan fingerprint density at radius 2 is 1.63 bits per heavy atom. The highest BCUT2D eigenvalue weighted by Gasteiger charge is 2.23. The summed E-state index contributed by atoms with van der Waals surface area (Å²) in [6.45, 7) is 0.952. The molecule has 0 saturated heterocycles. The minimum Gasteiger partial charge on any atom is -0.337 e. The van der Waals surface area contributed by atoms with Crippen LogP contribution in [0.1, 0.15) is 35.1 Å². The maximum Gasteiger partial charge on any atom is 0.241 e. The van der Waals surface area contributed by atoms with Gasteiger partial charge in [-0.1, -0.05) is 30.3 Å². The van der Waals surface area contributed by atoms with Crippen LogP contribution in [-0.2, 0) is 40.6 Å². The third kappa shape index (κ3) is 3.92. The van der Waals surface area contributed by atoms with Gasteiger partial charge in [0.05, 0.1) is 11.4 Å². The number of hydrogen-bond donors (Lipinski definition) is 1. The predicted molar refractivity (Wildman–Crippen MR) is 104 cm³/mol. The monoisotopic (exact) mass is 384 g/mol. The lowest BCUT2D eigenvalue weighted by Crippen LogP contribution is -2.42. The number of amides is 1. The van der Waals surface area contributed by atoms with Crippen LogP contribution in [0.15, 0.2) is 47.4 Å². The summed E-state index contributed by atoms with van der Waals surface area (Å²) < 4.78 is 27.7. The molecular weight excluding hydrogens is 360 g/mol. The molecule has 5 nitrogen and oxygen atoms in total. The van der Waals surface area contributed by atoms with Crippen molar-refractivity contribution in [2.24, 2.45) is 0 Å². The van der Waals surface area contributed by atoms with Crippen LogP contribution in [-0.4, -0.2) is 32.3 Å². The van der Waals surface area contributed by atoms with E-state index in [-0.39, 0.29) is 17.3 Å². The number of fused-ring (bicyclic) bond motifs is 2. The van der Waals surface area contributed by atoms with Gasteiger partial charge in [0.25, 0.3) is 0 Å². The first-order valence-corrected chi connectivity index (χ1v) is 11.0. The average molecular weight is 385 g/mol. The summed E-state index contributed by atoms with van der Waals surface area (Å²) >= 11 is 0. The molecule has 2 aromatic rings. The largest absolute Gasteiger partial charge is 0.337 e. The van der Waals surface area contributed by atoms with E-state index in [1.54, 1.807) is 17.0 Å². The summed E-state index contributed by atoms with van der Waals surface area (Å²) in [5, 5.41) is 0. The lowest BCUT2D eigenvalue weighted by Gasteiger charge is -2.29. The lowest BCUT2D eigenvalue weighted by atomic mass is 9.92. The van der Waals surface area contributed by atoms with Gasteiger partial charge in [0.1, 0.15) is 0 Å². The number of carbonyl (C=O) groups is 1. The Kier molecular flexibility index (Phi) is 5.02. The Morgan fingerprint density at radius 3 is 2.44 bits per heavy atom. The predicted octanol–water partition coefficient (Wildman–Crippen LogP) is 2.43. The number of carbonyl (C=O) groups excluding carboxylic acids is 1. The number of benzene rings is 2. The van der Waals surface area contributed by atoms with E-state index in [0.717, 1.165) is 43.2 Å². The Hall–Kier alpha value is -2.18. The van der Waals surface area contributed by atoms with Crippen molar-refractivity contribution in [3.63, 3.8) is 0 Å². The molecule has 2 aliphatic rings. The molecule has 0 fully saturated rings. The van der Waals surface area contributed by atoms with E-state index < -0.39 is 10.0 Å². The highest BCUT2D eigenvalue weighted by Crippen LogP contribution is 2.24. The highest BCUT2D eigenvalue weighted by atomic mass is 32.2. The van der Waals surface area contributed by atoms with Crippen molar-refractivity contribution < 1.29 is 13.2 Å². The maximum absolute atomic E-state index is 12.6. The van der Waals surface area contributed by atoms with Crippen molar-refractivity contribution >= 4 is 15.9 Å². The second-order valence-electron chi connectivity index (χ2n) is 7.30. The summed E-state index contributed by atoms with van der Waals surface area (Å²) in [5.74, 6) is -0.189. The van der Waals surface area contributed by atoms with Crippen molar-refractivity contribution in [2.75, 3.05) is 13.1 Å². The Labute approximate surface area is 160 Å². The summed E-state index contributed by atoms with van der Waals surface area (Å²) in [5.41, 5.74) is 4.75. The van der Waals surface area contributed by atoms with E-state index in [0.29, 0.717) is 13.1 Å². The zero-order chi connectivity index (χ0) is 18.9. The van der Waals surface area contributed by atoms with Crippen LogP contribution in [0, 0.1) is 0 Å². The molecule has 0 spiro atoms. The summed E-state index contributed by atoms with van der Waals surface area (Å²) in [7, 11) is -3.69. The smallest absolute Gasteiger partial charge is 0.241 e. The Morgan fingerprint density at radius 1 is 0.926 bits per heavy atom. The normalized spacial score (nSPS) is 16.5. The van der Waals surface area contributed by atoms with Gasteiger partial charge in [0.15, 0.2) is 0 Å². The molecule has 1 amide bonds. The third-order valence-corrected chi connectivity index (χ3v) is 6.93. The van der Waals surface area contributed by atoms with Crippen LogP contribution in [0.2, 0.25) is 0 Å². The van der Waals surface area contributed by atoms with Gasteiger partial charge in [-0.15, -0.1) is 0 Å². The maximum atomic E-state index is 12.6. The number of nitrogens with zero attached hydrogens (tertiary/aromatic N) is 1. The van der Waals surface area contributed by atoms with E-state index in [9.17, 15) is 13.2 Å². The lowest BCUT2D eigenvalue weighted by molar-refractivity contribution is -0.130. The van der Waals surface area contributed by atoms with Gasteiger partial charge in [-0.25, -0.2) is 13.1 Å². The molecule has 0 radical (unpaired) electrons. The van der Waals surface area contributed by atoms with Crippen LogP contribution in [0.25, 0.3) is 0 Å². The van der Waals surface area contributed by atoms with E-state index in [1.165, 1.54) is 11.1 Å². The molecule has 0 atom stereocenters. The zero-order valence-corrected chi connectivity index (χ0v) is 16.1. The fourth-order valence-corrected chi connectivity index (χ4v) is 4.96. The molecule has 0 aromatic heterocycles. The molecule has 1 heterocycles. The first-order chi connectivity index (χ1) is 13.0.